The maximum absolute atomic E-state index is 14.1. The first-order valence-electron chi connectivity index (χ1n) is 8.69. The Morgan fingerprint density at radius 1 is 1.09 bits per heavy atom. The fourth-order valence-corrected chi connectivity index (χ4v) is 3.40. The van der Waals surface area contributed by atoms with Gasteiger partial charge in [-0.15, -0.1) is 0 Å². The van der Waals surface area contributed by atoms with Gasteiger partial charge < -0.3 is 9.47 Å². The molecule has 0 unspecified atom stereocenters. The summed E-state index contributed by atoms with van der Waals surface area (Å²) < 4.78 is 78.9. The monoisotopic (exact) mass is 566 g/mol. The standard InChI is InChI=1S/C20H12F5IN2O4/c1-8-10(5-9-3-4-12(11(26)6-9)32-7-13(29)31-2)20(30)28(27-8)19-17(24)15(22)14(21)16(23)18(19)25/h3-6H,7H2,1-2H3/b10-5+. The maximum atomic E-state index is 14.1. The molecule has 12 heteroatoms. The lowest BCUT2D eigenvalue weighted by Crippen LogP contribution is -2.25. The van der Waals surface area contributed by atoms with Crippen molar-refractivity contribution in [3.8, 4) is 5.75 Å². The summed E-state index contributed by atoms with van der Waals surface area (Å²) in [5.74, 6) is -12.3. The summed E-state index contributed by atoms with van der Waals surface area (Å²) in [7, 11) is 1.21. The van der Waals surface area contributed by atoms with E-state index in [0.29, 0.717) is 14.9 Å². The molecule has 0 bridgehead atoms. The summed E-state index contributed by atoms with van der Waals surface area (Å²) in [5.41, 5.74) is -1.12. The number of methoxy groups -OCH3 is 1. The number of hydrazone groups is 1. The highest BCUT2D eigenvalue weighted by molar-refractivity contribution is 14.1. The number of benzene rings is 2. The van der Waals surface area contributed by atoms with Crippen LogP contribution in [0.2, 0.25) is 0 Å². The van der Waals surface area contributed by atoms with Gasteiger partial charge in [-0.2, -0.15) is 10.1 Å². The van der Waals surface area contributed by atoms with Crippen LogP contribution in [0.4, 0.5) is 27.6 Å². The second kappa shape index (κ2) is 9.22. The number of anilines is 1. The molecule has 1 aliphatic rings. The van der Waals surface area contributed by atoms with Gasteiger partial charge in [0.25, 0.3) is 5.91 Å². The zero-order valence-electron chi connectivity index (χ0n) is 16.3. The predicted octanol–water partition coefficient (Wildman–Crippen LogP) is 4.34. The quantitative estimate of drug-likeness (QED) is 0.135. The smallest absolute Gasteiger partial charge is 0.343 e. The lowest BCUT2D eigenvalue weighted by Gasteiger charge is -2.15. The number of carbonyl (C=O) groups is 2. The molecule has 0 aromatic heterocycles. The molecule has 0 saturated heterocycles. The van der Waals surface area contributed by atoms with E-state index in [1.165, 1.54) is 32.2 Å². The predicted molar refractivity (Wildman–Crippen MR) is 111 cm³/mol. The van der Waals surface area contributed by atoms with Gasteiger partial charge in [0.15, 0.2) is 29.9 Å². The van der Waals surface area contributed by atoms with Crippen LogP contribution < -0.4 is 9.75 Å². The molecule has 0 aliphatic carbocycles. The molecule has 0 N–H and O–H groups in total. The van der Waals surface area contributed by atoms with Crippen LogP contribution in [-0.2, 0) is 14.3 Å². The Labute approximate surface area is 191 Å². The van der Waals surface area contributed by atoms with Gasteiger partial charge in [-0.1, -0.05) is 6.07 Å². The SMILES string of the molecule is COC(=O)COc1ccc(/C=C2/C(=O)N(c3c(F)c(F)c(F)c(F)c3F)N=C2C)cc1I. The summed E-state index contributed by atoms with van der Waals surface area (Å²) in [6, 6.07) is 4.63. The molecule has 0 fully saturated rings. The maximum Gasteiger partial charge on any atom is 0.343 e. The van der Waals surface area contributed by atoms with Crippen molar-refractivity contribution in [1.82, 2.24) is 0 Å². The first kappa shape index (κ1) is 23.6. The number of carbonyl (C=O) groups excluding carboxylic acids is 2. The zero-order chi connectivity index (χ0) is 23.7. The first-order valence-corrected chi connectivity index (χ1v) is 9.77. The lowest BCUT2D eigenvalue weighted by molar-refractivity contribution is -0.142. The van der Waals surface area contributed by atoms with E-state index in [9.17, 15) is 31.5 Å². The molecular formula is C20H12F5IN2O4. The number of rotatable bonds is 5. The Bertz CT molecular complexity index is 1170. The minimum atomic E-state index is -2.34. The minimum absolute atomic E-state index is 0.0000303. The van der Waals surface area contributed by atoms with E-state index >= 15 is 0 Å². The molecule has 0 radical (unpaired) electrons. The summed E-state index contributed by atoms with van der Waals surface area (Å²) >= 11 is 1.92. The van der Waals surface area contributed by atoms with Crippen molar-refractivity contribution in [2.75, 3.05) is 18.7 Å². The van der Waals surface area contributed by atoms with Gasteiger partial charge in [0, 0.05) is 0 Å². The number of nitrogens with zero attached hydrogens (tertiary/aromatic N) is 2. The molecule has 2 aromatic rings. The third kappa shape index (κ3) is 4.31. The van der Waals surface area contributed by atoms with Crippen molar-refractivity contribution in [3.63, 3.8) is 0 Å². The van der Waals surface area contributed by atoms with Crippen molar-refractivity contribution >= 4 is 51.9 Å². The Kier molecular flexibility index (Phi) is 6.81. The normalized spacial score (nSPS) is 14.8. The van der Waals surface area contributed by atoms with E-state index in [1.807, 2.05) is 22.6 Å². The van der Waals surface area contributed by atoms with Gasteiger partial charge in [-0.3, -0.25) is 4.79 Å². The Balaban J connectivity index is 1.93. The Morgan fingerprint density at radius 3 is 2.25 bits per heavy atom. The van der Waals surface area contributed by atoms with Crippen molar-refractivity contribution < 1.29 is 41.0 Å². The topological polar surface area (TPSA) is 68.2 Å². The number of ether oxygens (including phenoxy) is 2. The number of esters is 1. The summed E-state index contributed by atoms with van der Waals surface area (Å²) in [5, 5.41) is 3.80. The molecule has 3 rings (SSSR count). The molecule has 168 valence electrons. The average molecular weight is 566 g/mol. The van der Waals surface area contributed by atoms with Crippen LogP contribution in [0.3, 0.4) is 0 Å². The molecule has 0 saturated carbocycles. The van der Waals surface area contributed by atoms with Crippen LogP contribution in [-0.4, -0.2) is 31.3 Å². The van der Waals surface area contributed by atoms with E-state index in [4.69, 9.17) is 4.74 Å². The van der Waals surface area contributed by atoms with Gasteiger partial charge in [0.1, 0.15) is 11.4 Å². The van der Waals surface area contributed by atoms with Gasteiger partial charge in [0.05, 0.1) is 22.0 Å². The fourth-order valence-electron chi connectivity index (χ4n) is 2.70. The number of halogens is 6. The first-order chi connectivity index (χ1) is 15.1. The highest BCUT2D eigenvalue weighted by Crippen LogP contribution is 2.34. The zero-order valence-corrected chi connectivity index (χ0v) is 18.5. The van der Waals surface area contributed by atoms with Crippen molar-refractivity contribution in [2.45, 2.75) is 6.92 Å². The van der Waals surface area contributed by atoms with E-state index in [2.05, 4.69) is 9.84 Å². The molecule has 32 heavy (non-hydrogen) atoms. The van der Waals surface area contributed by atoms with Gasteiger partial charge in [-0.05, 0) is 53.3 Å². The van der Waals surface area contributed by atoms with Crippen LogP contribution in [0, 0.1) is 32.7 Å². The summed E-state index contributed by atoms with van der Waals surface area (Å²) in [4.78, 5) is 23.9. The molecule has 0 spiro atoms. The third-order valence-electron chi connectivity index (χ3n) is 4.30. The second-order valence-electron chi connectivity index (χ2n) is 6.33. The molecule has 1 heterocycles. The van der Waals surface area contributed by atoms with E-state index in [0.717, 1.165) is 0 Å². The summed E-state index contributed by atoms with van der Waals surface area (Å²) in [6.45, 7) is 1.03. The minimum Gasteiger partial charge on any atom is -0.481 e. The van der Waals surface area contributed by atoms with E-state index in [1.54, 1.807) is 6.07 Å². The number of hydrogen-bond acceptors (Lipinski definition) is 5. The Morgan fingerprint density at radius 2 is 1.69 bits per heavy atom. The van der Waals surface area contributed by atoms with Crippen LogP contribution in [0.25, 0.3) is 6.08 Å². The van der Waals surface area contributed by atoms with Crippen LogP contribution in [0.1, 0.15) is 12.5 Å². The lowest BCUT2D eigenvalue weighted by atomic mass is 10.1. The largest absolute Gasteiger partial charge is 0.481 e. The van der Waals surface area contributed by atoms with Gasteiger partial charge in [0.2, 0.25) is 5.82 Å². The van der Waals surface area contributed by atoms with Gasteiger partial charge in [-0.25, -0.2) is 26.7 Å². The highest BCUT2D eigenvalue weighted by Gasteiger charge is 2.37. The van der Waals surface area contributed by atoms with Crippen molar-refractivity contribution in [2.24, 2.45) is 5.10 Å². The van der Waals surface area contributed by atoms with Crippen LogP contribution >= 0.6 is 22.6 Å². The van der Waals surface area contributed by atoms with Crippen molar-refractivity contribution in [1.29, 1.82) is 0 Å². The Hall–Kier alpha value is -3.03. The molecule has 2 aromatic carbocycles. The highest BCUT2D eigenvalue weighted by atomic mass is 127. The van der Waals surface area contributed by atoms with Gasteiger partial charge >= 0.3 is 5.97 Å². The van der Waals surface area contributed by atoms with E-state index in [-0.39, 0.29) is 22.9 Å². The van der Waals surface area contributed by atoms with Crippen LogP contribution in [0.15, 0.2) is 28.9 Å². The average Bonchev–Trinajstić information content (AvgIpc) is 3.03. The van der Waals surface area contributed by atoms with Crippen molar-refractivity contribution in [3.05, 3.63) is 62.0 Å². The third-order valence-corrected chi connectivity index (χ3v) is 5.14. The molecular weight excluding hydrogens is 554 g/mol. The second-order valence-corrected chi connectivity index (χ2v) is 7.50. The summed E-state index contributed by atoms with van der Waals surface area (Å²) in [6.07, 6.45) is 1.33. The van der Waals surface area contributed by atoms with E-state index < -0.39 is 46.6 Å². The molecule has 1 aliphatic heterocycles. The molecule has 1 amide bonds. The molecule has 0 atom stereocenters. The fraction of sp³-hybridized carbons (Fsp3) is 0.150. The molecule has 6 nitrogen and oxygen atoms in total. The van der Waals surface area contributed by atoms with Crippen LogP contribution in [0.5, 0.6) is 5.75 Å². The number of amides is 1. The number of hydrogen-bond donors (Lipinski definition) is 0.